The van der Waals surface area contributed by atoms with Crippen LogP contribution < -0.4 is 0 Å². The lowest BCUT2D eigenvalue weighted by atomic mass is 9.36. The normalized spacial score (nSPS) is 35.5. The third kappa shape index (κ3) is 5.25. The second-order valence-electron chi connectivity index (χ2n) is 16.4. The third-order valence-corrected chi connectivity index (χ3v) is 12.6. The number of carboxylic acids is 1. The molecular formula is C34H55NO4. The summed E-state index contributed by atoms with van der Waals surface area (Å²) in [4.78, 5) is 25.6. The SMILES string of the molecule is CCCC(C)(C)CC[C@@](C)(CC[C@]1(C)CC(=O)C[C@@H]2[C@@]3(C)Cc4cnoc4C(C)(C)[C@@H]3CC[C@]21C)CC(=O)O. The van der Waals surface area contributed by atoms with Crippen molar-refractivity contribution >= 4 is 11.8 Å². The molecule has 0 aromatic carbocycles. The Morgan fingerprint density at radius 3 is 2.38 bits per heavy atom. The molecule has 6 atom stereocenters. The molecular weight excluding hydrogens is 486 g/mol. The number of ketones is 1. The standard InChI is InChI=1S/C34H55NO4/c1-10-12-29(2,3)14-15-31(6,21-27(37)38)16-17-32(7)20-24(36)18-26-33(8)19-23-22-35-39-28(23)30(4,5)25(33)11-13-34(26,32)9/h22,25-26H,10-21H2,1-9H3,(H,37,38)/t25-,26+,31-,32+,33-,34+/m0/s1. The molecule has 0 bridgehead atoms. The maximum absolute atomic E-state index is 13.6. The summed E-state index contributed by atoms with van der Waals surface area (Å²) < 4.78 is 5.79. The Bertz CT molecular complexity index is 1090. The van der Waals surface area contributed by atoms with Crippen LogP contribution in [0.25, 0.3) is 0 Å². The van der Waals surface area contributed by atoms with E-state index in [0.29, 0.717) is 30.5 Å². The van der Waals surface area contributed by atoms with Crippen molar-refractivity contribution in [2.24, 2.45) is 38.9 Å². The van der Waals surface area contributed by atoms with Gasteiger partial charge < -0.3 is 9.63 Å². The van der Waals surface area contributed by atoms with E-state index < -0.39 is 5.97 Å². The first-order valence-corrected chi connectivity index (χ1v) is 15.6. The number of carbonyl (C=O) groups is 2. The first-order valence-electron chi connectivity index (χ1n) is 15.6. The second-order valence-corrected chi connectivity index (χ2v) is 16.4. The van der Waals surface area contributed by atoms with Crippen LogP contribution in [0.2, 0.25) is 0 Å². The van der Waals surface area contributed by atoms with Crippen molar-refractivity contribution in [3.63, 3.8) is 0 Å². The van der Waals surface area contributed by atoms with E-state index in [4.69, 9.17) is 4.52 Å². The lowest BCUT2D eigenvalue weighted by Gasteiger charge is -2.67. The molecule has 0 unspecified atom stereocenters. The first kappa shape index (κ1) is 30.3. The summed E-state index contributed by atoms with van der Waals surface area (Å²) in [7, 11) is 0. The summed E-state index contributed by atoms with van der Waals surface area (Å²) >= 11 is 0. The van der Waals surface area contributed by atoms with Crippen LogP contribution >= 0.6 is 0 Å². The van der Waals surface area contributed by atoms with Crippen LogP contribution in [-0.4, -0.2) is 22.0 Å². The molecule has 0 spiro atoms. The Balaban J connectivity index is 1.62. The molecule has 0 saturated heterocycles. The molecule has 0 radical (unpaired) electrons. The summed E-state index contributed by atoms with van der Waals surface area (Å²) in [6, 6.07) is 0. The van der Waals surface area contributed by atoms with Gasteiger partial charge in [0.25, 0.3) is 0 Å². The molecule has 4 rings (SSSR count). The summed E-state index contributed by atoms with van der Waals surface area (Å²) in [5.74, 6) is 1.46. The zero-order valence-electron chi connectivity index (χ0n) is 26.3. The van der Waals surface area contributed by atoms with Gasteiger partial charge in [-0.25, -0.2) is 0 Å². The molecule has 2 saturated carbocycles. The Hall–Kier alpha value is -1.65. The maximum atomic E-state index is 13.6. The van der Waals surface area contributed by atoms with Gasteiger partial charge in [0, 0.05) is 23.8 Å². The number of fused-ring (bicyclic) bond motifs is 4. The highest BCUT2D eigenvalue weighted by Crippen LogP contribution is 2.71. The van der Waals surface area contributed by atoms with Crippen LogP contribution in [0, 0.1) is 38.9 Å². The quantitative estimate of drug-likeness (QED) is 0.320. The fourth-order valence-electron chi connectivity index (χ4n) is 10.0. The van der Waals surface area contributed by atoms with E-state index >= 15 is 0 Å². The van der Waals surface area contributed by atoms with Gasteiger partial charge in [0.15, 0.2) is 0 Å². The molecule has 3 aliphatic rings. The van der Waals surface area contributed by atoms with E-state index in [0.717, 1.165) is 63.5 Å². The minimum Gasteiger partial charge on any atom is -0.481 e. The van der Waals surface area contributed by atoms with Crippen LogP contribution in [0.4, 0.5) is 0 Å². The number of Topliss-reactive ketones (excluding diaryl/α,β-unsaturated/α-hetero) is 1. The van der Waals surface area contributed by atoms with Gasteiger partial charge in [0.1, 0.15) is 11.5 Å². The van der Waals surface area contributed by atoms with E-state index in [9.17, 15) is 14.7 Å². The van der Waals surface area contributed by atoms with Crippen LogP contribution in [-0.2, 0) is 21.4 Å². The van der Waals surface area contributed by atoms with Gasteiger partial charge in [-0.15, -0.1) is 0 Å². The number of rotatable bonds is 10. The highest BCUT2D eigenvalue weighted by molar-refractivity contribution is 5.81. The summed E-state index contributed by atoms with van der Waals surface area (Å²) in [5.41, 5.74) is 0.950. The number of aliphatic carboxylic acids is 1. The fourth-order valence-corrected chi connectivity index (χ4v) is 10.0. The lowest BCUT2D eigenvalue weighted by Crippen LogP contribution is -2.63. The lowest BCUT2D eigenvalue weighted by molar-refractivity contribution is -0.180. The van der Waals surface area contributed by atoms with Crippen molar-refractivity contribution in [1.82, 2.24) is 5.16 Å². The number of hydrogen-bond donors (Lipinski definition) is 1. The molecule has 0 amide bonds. The summed E-state index contributed by atoms with van der Waals surface area (Å²) in [6.45, 7) is 20.9. The van der Waals surface area contributed by atoms with Gasteiger partial charge in [0.2, 0.25) is 0 Å². The molecule has 1 N–H and O–H groups in total. The molecule has 3 aliphatic carbocycles. The molecule has 5 heteroatoms. The van der Waals surface area contributed by atoms with E-state index in [1.54, 1.807) is 0 Å². The van der Waals surface area contributed by atoms with Gasteiger partial charge in [-0.2, -0.15) is 0 Å². The van der Waals surface area contributed by atoms with Crippen molar-refractivity contribution in [2.75, 3.05) is 0 Å². The third-order valence-electron chi connectivity index (χ3n) is 12.6. The average molecular weight is 542 g/mol. The smallest absolute Gasteiger partial charge is 0.303 e. The van der Waals surface area contributed by atoms with Crippen LogP contribution in [0.1, 0.15) is 144 Å². The highest BCUT2D eigenvalue weighted by Gasteiger charge is 2.66. The summed E-state index contributed by atoms with van der Waals surface area (Å²) in [5, 5.41) is 14.1. The molecule has 1 aromatic heterocycles. The summed E-state index contributed by atoms with van der Waals surface area (Å²) in [6.07, 6.45) is 12.6. The molecule has 1 heterocycles. The molecule has 39 heavy (non-hydrogen) atoms. The maximum Gasteiger partial charge on any atom is 0.303 e. The zero-order chi connectivity index (χ0) is 29.1. The Morgan fingerprint density at radius 1 is 1.05 bits per heavy atom. The number of aromatic nitrogens is 1. The van der Waals surface area contributed by atoms with Gasteiger partial charge >= 0.3 is 5.97 Å². The van der Waals surface area contributed by atoms with Gasteiger partial charge in [0.05, 0.1) is 12.6 Å². The van der Waals surface area contributed by atoms with Crippen molar-refractivity contribution in [2.45, 2.75) is 145 Å². The van der Waals surface area contributed by atoms with Crippen molar-refractivity contribution in [3.05, 3.63) is 17.5 Å². The van der Waals surface area contributed by atoms with Crippen LogP contribution in [0.5, 0.6) is 0 Å². The Labute approximate surface area is 237 Å². The fraction of sp³-hybridized carbons (Fsp3) is 0.853. The molecule has 2 fully saturated rings. The van der Waals surface area contributed by atoms with E-state index in [2.05, 4.69) is 67.5 Å². The predicted octanol–water partition coefficient (Wildman–Crippen LogP) is 8.78. The van der Waals surface area contributed by atoms with E-state index in [1.165, 1.54) is 5.56 Å². The monoisotopic (exact) mass is 541 g/mol. The Kier molecular flexibility index (Phi) is 7.78. The minimum atomic E-state index is -0.707. The van der Waals surface area contributed by atoms with Crippen molar-refractivity contribution in [1.29, 1.82) is 0 Å². The van der Waals surface area contributed by atoms with Crippen molar-refractivity contribution in [3.8, 4) is 0 Å². The van der Waals surface area contributed by atoms with Crippen molar-refractivity contribution < 1.29 is 19.2 Å². The Morgan fingerprint density at radius 2 is 1.74 bits per heavy atom. The second kappa shape index (κ2) is 10.0. The van der Waals surface area contributed by atoms with E-state index in [1.807, 2.05) is 6.20 Å². The zero-order valence-corrected chi connectivity index (χ0v) is 26.3. The molecule has 220 valence electrons. The van der Waals surface area contributed by atoms with E-state index in [-0.39, 0.29) is 38.9 Å². The van der Waals surface area contributed by atoms with Crippen LogP contribution in [0.3, 0.4) is 0 Å². The first-order chi connectivity index (χ1) is 17.9. The largest absolute Gasteiger partial charge is 0.481 e. The highest BCUT2D eigenvalue weighted by atomic mass is 16.5. The van der Waals surface area contributed by atoms with Gasteiger partial charge in [-0.3, -0.25) is 9.59 Å². The number of hydrogen-bond acceptors (Lipinski definition) is 4. The van der Waals surface area contributed by atoms with Gasteiger partial charge in [-0.1, -0.05) is 73.9 Å². The van der Waals surface area contributed by atoms with Gasteiger partial charge in [-0.05, 0) is 90.3 Å². The van der Waals surface area contributed by atoms with Crippen LogP contribution in [0.15, 0.2) is 10.7 Å². The average Bonchev–Trinajstić information content (AvgIpc) is 3.27. The predicted molar refractivity (Wildman–Crippen MR) is 156 cm³/mol. The molecule has 5 nitrogen and oxygen atoms in total. The topological polar surface area (TPSA) is 80.4 Å². The molecule has 0 aliphatic heterocycles. The number of carboxylic acid groups (broad SMARTS) is 1. The number of nitrogens with zero attached hydrogens (tertiary/aromatic N) is 1. The minimum absolute atomic E-state index is 0.000930. The molecule has 1 aromatic rings. The number of carbonyl (C=O) groups excluding carboxylic acids is 1.